The van der Waals surface area contributed by atoms with Gasteiger partial charge in [0.25, 0.3) is 5.91 Å². The van der Waals surface area contributed by atoms with Crippen LogP contribution in [0.3, 0.4) is 0 Å². The maximum Gasteiger partial charge on any atom is 0.251 e. The average Bonchev–Trinajstić information content (AvgIpc) is 2.60. The van der Waals surface area contributed by atoms with Crippen LogP contribution in [0.4, 0.5) is 0 Å². The van der Waals surface area contributed by atoms with E-state index >= 15 is 0 Å². The van der Waals surface area contributed by atoms with Gasteiger partial charge in [-0.25, -0.2) is 8.42 Å². The summed E-state index contributed by atoms with van der Waals surface area (Å²) < 4.78 is 28.5. The van der Waals surface area contributed by atoms with E-state index in [1.807, 2.05) is 37.3 Å². The molecule has 2 rings (SSSR count). The molecule has 0 bridgehead atoms. The lowest BCUT2D eigenvalue weighted by Crippen LogP contribution is -2.25. The fraction of sp³-hybridized carbons (Fsp3) is 0.350. The summed E-state index contributed by atoms with van der Waals surface area (Å²) >= 11 is 0. The number of amides is 1. The summed E-state index contributed by atoms with van der Waals surface area (Å²) in [4.78, 5) is 12.2. The first-order chi connectivity index (χ1) is 12.3. The summed E-state index contributed by atoms with van der Waals surface area (Å²) in [5, 5.41) is 2.83. The van der Waals surface area contributed by atoms with Crippen LogP contribution in [0.5, 0.6) is 0 Å². The minimum absolute atomic E-state index is 0.0135. The molecule has 6 heteroatoms. The van der Waals surface area contributed by atoms with Crippen molar-refractivity contribution in [2.75, 3.05) is 19.4 Å². The molecule has 26 heavy (non-hydrogen) atoms. The molecule has 0 aliphatic rings. The third-order valence-electron chi connectivity index (χ3n) is 3.86. The van der Waals surface area contributed by atoms with Crippen LogP contribution in [-0.4, -0.2) is 33.7 Å². The molecule has 1 N–H and O–H groups in total. The van der Waals surface area contributed by atoms with Crippen molar-refractivity contribution in [2.24, 2.45) is 0 Å². The lowest BCUT2D eigenvalue weighted by molar-refractivity contribution is 0.0635. The van der Waals surface area contributed by atoms with E-state index in [9.17, 15) is 13.2 Å². The molecular weight excluding hydrogens is 350 g/mol. The maximum atomic E-state index is 12.2. The molecule has 0 spiro atoms. The second kappa shape index (κ2) is 9.50. The Balaban J connectivity index is 1.74. The highest BCUT2D eigenvalue weighted by Gasteiger charge is 2.09. The Morgan fingerprint density at radius 2 is 1.85 bits per heavy atom. The van der Waals surface area contributed by atoms with Gasteiger partial charge in [-0.15, -0.1) is 0 Å². The monoisotopic (exact) mass is 375 g/mol. The number of hydrogen-bond donors (Lipinski definition) is 1. The first-order valence-corrected chi connectivity index (χ1v) is 10.6. The molecule has 1 atom stereocenters. The molecule has 0 fully saturated rings. The number of hydrogen-bond acceptors (Lipinski definition) is 4. The van der Waals surface area contributed by atoms with Crippen LogP contribution in [0.15, 0.2) is 54.6 Å². The number of sulfone groups is 1. The van der Waals surface area contributed by atoms with E-state index in [1.165, 1.54) is 6.26 Å². The maximum absolute atomic E-state index is 12.2. The SMILES string of the molecule is CC(OCCCNC(=O)c1cccc(CS(C)(=O)=O)c1)c1ccccc1. The van der Waals surface area contributed by atoms with E-state index in [4.69, 9.17) is 4.74 Å². The van der Waals surface area contributed by atoms with Gasteiger partial charge in [-0.2, -0.15) is 0 Å². The Morgan fingerprint density at radius 1 is 1.12 bits per heavy atom. The normalized spacial score (nSPS) is 12.5. The molecule has 0 heterocycles. The standard InChI is InChI=1S/C20H25NO4S/c1-16(18-9-4-3-5-10-18)25-13-7-12-21-20(22)19-11-6-8-17(14-19)15-26(2,23)24/h3-6,8-11,14,16H,7,12-13,15H2,1-2H3,(H,21,22). The number of ether oxygens (including phenoxy) is 1. The molecule has 5 nitrogen and oxygen atoms in total. The summed E-state index contributed by atoms with van der Waals surface area (Å²) in [5.74, 6) is -0.282. The molecule has 0 saturated heterocycles. The molecular formula is C20H25NO4S. The van der Waals surface area contributed by atoms with Crippen molar-refractivity contribution < 1.29 is 17.9 Å². The van der Waals surface area contributed by atoms with Crippen molar-refractivity contribution in [3.63, 3.8) is 0 Å². The molecule has 2 aromatic carbocycles. The second-order valence-corrected chi connectivity index (χ2v) is 8.44. The average molecular weight is 375 g/mol. The number of nitrogens with one attached hydrogen (secondary N) is 1. The Morgan fingerprint density at radius 3 is 2.54 bits per heavy atom. The van der Waals surface area contributed by atoms with Gasteiger partial charge in [-0.05, 0) is 36.6 Å². The summed E-state index contributed by atoms with van der Waals surface area (Å²) in [5.41, 5.74) is 2.20. The largest absolute Gasteiger partial charge is 0.374 e. The predicted octanol–water partition coefficient (Wildman–Crippen LogP) is 3.13. The van der Waals surface area contributed by atoms with E-state index in [2.05, 4.69) is 5.32 Å². The molecule has 1 unspecified atom stereocenters. The van der Waals surface area contributed by atoms with Crippen LogP contribution in [0.1, 0.15) is 40.9 Å². The van der Waals surface area contributed by atoms with Gasteiger partial charge >= 0.3 is 0 Å². The highest BCUT2D eigenvalue weighted by Crippen LogP contribution is 2.15. The summed E-state index contributed by atoms with van der Waals surface area (Å²) in [6.45, 7) is 3.04. The number of carbonyl (C=O) groups excluding carboxylic acids is 1. The molecule has 0 saturated carbocycles. The van der Waals surface area contributed by atoms with Gasteiger partial charge in [0.05, 0.1) is 11.9 Å². The van der Waals surface area contributed by atoms with Crippen molar-refractivity contribution in [1.82, 2.24) is 5.32 Å². The van der Waals surface area contributed by atoms with Gasteiger partial charge in [0.15, 0.2) is 9.84 Å². The number of carbonyl (C=O) groups is 1. The summed E-state index contributed by atoms with van der Waals surface area (Å²) in [7, 11) is -3.12. The van der Waals surface area contributed by atoms with Crippen LogP contribution in [-0.2, 0) is 20.3 Å². The predicted molar refractivity (Wildman–Crippen MR) is 103 cm³/mol. The minimum Gasteiger partial charge on any atom is -0.374 e. The van der Waals surface area contributed by atoms with E-state index in [1.54, 1.807) is 24.3 Å². The van der Waals surface area contributed by atoms with E-state index in [0.29, 0.717) is 30.7 Å². The Kier molecular flexibility index (Phi) is 7.36. The smallest absolute Gasteiger partial charge is 0.251 e. The van der Waals surface area contributed by atoms with Gasteiger partial charge in [0.2, 0.25) is 0 Å². The van der Waals surface area contributed by atoms with Crippen molar-refractivity contribution in [2.45, 2.75) is 25.2 Å². The summed E-state index contributed by atoms with van der Waals surface area (Å²) in [6.07, 6.45) is 1.89. The van der Waals surface area contributed by atoms with Gasteiger partial charge in [-0.1, -0.05) is 42.5 Å². The quantitative estimate of drug-likeness (QED) is 0.684. The molecule has 2 aromatic rings. The number of rotatable bonds is 9. The molecule has 0 radical (unpaired) electrons. The highest BCUT2D eigenvalue weighted by atomic mass is 32.2. The van der Waals surface area contributed by atoms with Gasteiger partial charge in [-0.3, -0.25) is 4.79 Å². The lowest BCUT2D eigenvalue weighted by atomic mass is 10.1. The van der Waals surface area contributed by atoms with Gasteiger partial charge in [0.1, 0.15) is 0 Å². The minimum atomic E-state index is -3.12. The van der Waals surface area contributed by atoms with Crippen LogP contribution in [0.2, 0.25) is 0 Å². The topological polar surface area (TPSA) is 72.5 Å². The van der Waals surface area contributed by atoms with Crippen molar-refractivity contribution >= 4 is 15.7 Å². The zero-order valence-corrected chi connectivity index (χ0v) is 16.0. The van der Waals surface area contributed by atoms with E-state index in [-0.39, 0.29) is 17.8 Å². The molecule has 0 aliphatic heterocycles. The number of benzene rings is 2. The Labute approximate surface area is 155 Å². The molecule has 0 aromatic heterocycles. The fourth-order valence-electron chi connectivity index (χ4n) is 2.56. The molecule has 0 aliphatic carbocycles. The fourth-order valence-corrected chi connectivity index (χ4v) is 3.35. The van der Waals surface area contributed by atoms with E-state index < -0.39 is 9.84 Å². The van der Waals surface area contributed by atoms with Crippen LogP contribution < -0.4 is 5.32 Å². The first-order valence-electron chi connectivity index (χ1n) is 8.56. The first kappa shape index (κ1) is 20.1. The zero-order chi connectivity index (χ0) is 19.0. The zero-order valence-electron chi connectivity index (χ0n) is 15.1. The van der Waals surface area contributed by atoms with Gasteiger partial charge in [0, 0.05) is 25.0 Å². The van der Waals surface area contributed by atoms with Crippen LogP contribution in [0, 0.1) is 0 Å². The Bertz CT molecular complexity index is 819. The highest BCUT2D eigenvalue weighted by molar-refractivity contribution is 7.89. The van der Waals surface area contributed by atoms with Crippen molar-refractivity contribution in [1.29, 1.82) is 0 Å². The van der Waals surface area contributed by atoms with E-state index in [0.717, 1.165) is 5.56 Å². The molecule has 1 amide bonds. The third-order valence-corrected chi connectivity index (χ3v) is 4.72. The van der Waals surface area contributed by atoms with Crippen molar-refractivity contribution in [3.8, 4) is 0 Å². The molecule has 140 valence electrons. The van der Waals surface area contributed by atoms with Crippen LogP contribution in [0.25, 0.3) is 0 Å². The Hall–Kier alpha value is -2.18. The van der Waals surface area contributed by atoms with Gasteiger partial charge < -0.3 is 10.1 Å². The third kappa shape index (κ3) is 6.98. The summed E-state index contributed by atoms with van der Waals surface area (Å²) in [6, 6.07) is 16.7. The second-order valence-electron chi connectivity index (χ2n) is 6.30. The lowest BCUT2D eigenvalue weighted by Gasteiger charge is -2.13. The van der Waals surface area contributed by atoms with Crippen LogP contribution >= 0.6 is 0 Å². The van der Waals surface area contributed by atoms with Crippen molar-refractivity contribution in [3.05, 3.63) is 71.3 Å².